The standard InChI is InChI=1S/C30H24O12/c31-13-7-20(37)24-22(8-13)41-30(12-2-4-16(33)19(36)6-12)29(39)26(24)25-23(42-30)10-17(34)14-9-21(38)27(40-28(14)25)11-1-3-15(32)18(35)5-11/h1-8,10,21,26-27,29,31-39H,9H2/t21-,26-,27?,29?,30+/m1/s1. The van der Waals surface area contributed by atoms with Crippen molar-refractivity contribution < 1.29 is 60.2 Å². The molecule has 216 valence electrons. The SMILES string of the molecule is Oc1cc(O)c2c(c1)O[C@@]1(c3ccc(O)c(O)c3)Oc3cc(O)c4c(c3[C@@H]2C1O)OC(c1ccc(O)c(O)c1)[C@H](O)C4. The molecule has 0 aliphatic carbocycles. The molecule has 12 nitrogen and oxygen atoms in total. The van der Waals surface area contributed by atoms with Crippen LogP contribution in [0.5, 0.6) is 57.5 Å². The van der Waals surface area contributed by atoms with Crippen LogP contribution in [0.2, 0.25) is 0 Å². The molecule has 4 aromatic rings. The molecule has 0 radical (unpaired) electrons. The summed E-state index contributed by atoms with van der Waals surface area (Å²) in [4.78, 5) is 0. The van der Waals surface area contributed by atoms with Crippen molar-refractivity contribution in [2.45, 2.75) is 36.4 Å². The first-order chi connectivity index (χ1) is 20.0. The van der Waals surface area contributed by atoms with Gasteiger partial charge in [-0.3, -0.25) is 0 Å². The number of aliphatic hydroxyl groups excluding tert-OH is 2. The van der Waals surface area contributed by atoms with E-state index >= 15 is 0 Å². The maximum Gasteiger partial charge on any atom is 0.305 e. The van der Waals surface area contributed by atoms with Crippen LogP contribution in [0.3, 0.4) is 0 Å². The number of aliphatic hydroxyl groups is 2. The van der Waals surface area contributed by atoms with Crippen molar-refractivity contribution in [3.63, 3.8) is 0 Å². The van der Waals surface area contributed by atoms with E-state index in [0.29, 0.717) is 5.56 Å². The second-order valence-corrected chi connectivity index (χ2v) is 10.5. The minimum atomic E-state index is -2.09. The zero-order valence-corrected chi connectivity index (χ0v) is 21.5. The van der Waals surface area contributed by atoms with Gasteiger partial charge in [0.25, 0.3) is 0 Å². The minimum absolute atomic E-state index is 0.0177. The second kappa shape index (κ2) is 8.65. The molecule has 3 aliphatic heterocycles. The third-order valence-corrected chi connectivity index (χ3v) is 8.03. The lowest BCUT2D eigenvalue weighted by Crippen LogP contribution is -2.57. The van der Waals surface area contributed by atoms with Crippen LogP contribution in [0.25, 0.3) is 0 Å². The monoisotopic (exact) mass is 576 g/mol. The van der Waals surface area contributed by atoms with Crippen molar-refractivity contribution in [3.8, 4) is 57.5 Å². The van der Waals surface area contributed by atoms with Crippen LogP contribution in [-0.2, 0) is 12.2 Å². The highest BCUT2D eigenvalue weighted by Gasteiger charge is 2.60. The molecule has 9 N–H and O–H groups in total. The summed E-state index contributed by atoms with van der Waals surface area (Å²) in [5.41, 5.74) is 0.842. The molecular formula is C30H24O12. The maximum atomic E-state index is 11.9. The Bertz CT molecular complexity index is 1790. The quantitative estimate of drug-likeness (QED) is 0.158. The summed E-state index contributed by atoms with van der Waals surface area (Å²) < 4.78 is 18.6. The lowest BCUT2D eigenvalue weighted by molar-refractivity contribution is -0.219. The first kappa shape index (κ1) is 25.7. The molecule has 3 heterocycles. The summed E-state index contributed by atoms with van der Waals surface area (Å²) >= 11 is 0. The molecule has 0 amide bonds. The van der Waals surface area contributed by atoms with Gasteiger partial charge >= 0.3 is 5.79 Å². The van der Waals surface area contributed by atoms with E-state index in [4.69, 9.17) is 14.2 Å². The van der Waals surface area contributed by atoms with Gasteiger partial charge in [-0.2, -0.15) is 0 Å². The van der Waals surface area contributed by atoms with E-state index in [-0.39, 0.29) is 63.2 Å². The molecule has 0 fully saturated rings. The second-order valence-electron chi connectivity index (χ2n) is 10.5. The van der Waals surface area contributed by atoms with Crippen LogP contribution in [0.1, 0.15) is 39.8 Å². The number of fused-ring (bicyclic) bond motifs is 8. The molecule has 0 spiro atoms. The molecule has 7 rings (SSSR count). The summed E-state index contributed by atoms with van der Waals surface area (Å²) in [6, 6.07) is 11.1. The number of hydrogen-bond donors (Lipinski definition) is 9. The highest BCUT2D eigenvalue weighted by molar-refractivity contribution is 5.68. The summed E-state index contributed by atoms with van der Waals surface area (Å²) in [7, 11) is 0. The van der Waals surface area contributed by atoms with E-state index in [1.165, 1.54) is 42.5 Å². The summed E-state index contributed by atoms with van der Waals surface area (Å²) in [5, 5.41) is 95.1. The van der Waals surface area contributed by atoms with Gasteiger partial charge in [0, 0.05) is 46.9 Å². The Kier molecular flexibility index (Phi) is 5.30. The van der Waals surface area contributed by atoms with Crippen molar-refractivity contribution >= 4 is 0 Å². The van der Waals surface area contributed by atoms with Gasteiger partial charge in [-0.25, -0.2) is 0 Å². The summed E-state index contributed by atoms with van der Waals surface area (Å²) in [6.45, 7) is 0. The van der Waals surface area contributed by atoms with E-state index in [0.717, 1.165) is 12.1 Å². The van der Waals surface area contributed by atoms with Crippen LogP contribution >= 0.6 is 0 Å². The van der Waals surface area contributed by atoms with E-state index in [1.54, 1.807) is 0 Å². The normalized spacial score (nSPS) is 25.2. The van der Waals surface area contributed by atoms with Gasteiger partial charge < -0.3 is 60.2 Å². The Hall–Kier alpha value is -5.20. The van der Waals surface area contributed by atoms with Gasteiger partial charge in [-0.05, 0) is 35.9 Å². The fourth-order valence-corrected chi connectivity index (χ4v) is 6.09. The Morgan fingerprint density at radius 3 is 2.00 bits per heavy atom. The largest absolute Gasteiger partial charge is 0.508 e. The van der Waals surface area contributed by atoms with Crippen LogP contribution in [-0.4, -0.2) is 58.2 Å². The Morgan fingerprint density at radius 1 is 0.643 bits per heavy atom. The highest BCUT2D eigenvalue weighted by Crippen LogP contribution is 2.62. The number of hydrogen-bond acceptors (Lipinski definition) is 12. The Balaban J connectivity index is 1.47. The van der Waals surface area contributed by atoms with Crippen molar-refractivity contribution in [1.82, 2.24) is 0 Å². The van der Waals surface area contributed by atoms with Crippen LogP contribution in [0, 0.1) is 0 Å². The van der Waals surface area contributed by atoms with Gasteiger partial charge in [0.05, 0.1) is 12.0 Å². The fraction of sp³-hybridized carbons (Fsp3) is 0.200. The van der Waals surface area contributed by atoms with Gasteiger partial charge in [0.1, 0.15) is 46.7 Å². The van der Waals surface area contributed by atoms with Gasteiger partial charge in [-0.15, -0.1) is 0 Å². The third kappa shape index (κ3) is 3.49. The predicted octanol–water partition coefficient (Wildman–Crippen LogP) is 2.79. The van der Waals surface area contributed by atoms with E-state index in [9.17, 15) is 46.0 Å². The van der Waals surface area contributed by atoms with Crippen LogP contribution < -0.4 is 14.2 Å². The number of phenols is 7. The van der Waals surface area contributed by atoms with E-state index in [1.807, 2.05) is 0 Å². The Morgan fingerprint density at radius 2 is 1.31 bits per heavy atom. The molecule has 2 bridgehead atoms. The smallest absolute Gasteiger partial charge is 0.305 e. The number of aromatic hydroxyl groups is 7. The molecule has 0 saturated heterocycles. The van der Waals surface area contributed by atoms with E-state index in [2.05, 4.69) is 0 Å². The molecule has 0 saturated carbocycles. The molecule has 3 aliphatic rings. The summed E-state index contributed by atoms with van der Waals surface area (Å²) in [6.07, 6.45) is -4.00. The van der Waals surface area contributed by atoms with Gasteiger partial charge in [0.2, 0.25) is 0 Å². The third-order valence-electron chi connectivity index (χ3n) is 8.03. The molecule has 2 unspecified atom stereocenters. The van der Waals surface area contributed by atoms with Gasteiger partial charge in [-0.1, -0.05) is 6.07 Å². The number of phenolic OH excluding ortho intramolecular Hbond substituents is 7. The molecule has 12 heteroatoms. The summed E-state index contributed by atoms with van der Waals surface area (Å²) in [5.74, 6) is -6.11. The molecular weight excluding hydrogens is 552 g/mol. The minimum Gasteiger partial charge on any atom is -0.508 e. The maximum absolute atomic E-state index is 11.9. The molecule has 42 heavy (non-hydrogen) atoms. The van der Waals surface area contributed by atoms with Crippen molar-refractivity contribution in [1.29, 1.82) is 0 Å². The van der Waals surface area contributed by atoms with Crippen molar-refractivity contribution in [3.05, 3.63) is 82.4 Å². The molecule has 0 aromatic heterocycles. The highest BCUT2D eigenvalue weighted by atomic mass is 16.7. The van der Waals surface area contributed by atoms with Crippen LogP contribution in [0.4, 0.5) is 0 Å². The van der Waals surface area contributed by atoms with Crippen molar-refractivity contribution in [2.24, 2.45) is 0 Å². The van der Waals surface area contributed by atoms with E-state index < -0.39 is 53.0 Å². The van der Waals surface area contributed by atoms with Crippen molar-refractivity contribution in [2.75, 3.05) is 0 Å². The lowest BCUT2D eigenvalue weighted by atomic mass is 9.74. The first-order valence-corrected chi connectivity index (χ1v) is 12.9. The molecule has 4 aromatic carbocycles. The first-order valence-electron chi connectivity index (χ1n) is 12.9. The number of rotatable bonds is 2. The fourth-order valence-electron chi connectivity index (χ4n) is 6.09. The van der Waals surface area contributed by atoms with Gasteiger partial charge in [0.15, 0.2) is 23.0 Å². The average molecular weight is 577 g/mol. The molecule has 5 atom stereocenters. The zero-order valence-electron chi connectivity index (χ0n) is 21.5. The topological polar surface area (TPSA) is 210 Å². The Labute approximate surface area is 236 Å². The average Bonchev–Trinajstić information content (AvgIpc) is 2.92. The van der Waals surface area contributed by atoms with Crippen LogP contribution in [0.15, 0.2) is 54.6 Å². The number of benzene rings is 4. The number of ether oxygens (including phenoxy) is 3. The zero-order chi connectivity index (χ0) is 29.7. The lowest BCUT2D eigenvalue weighted by Gasteiger charge is -2.50. The predicted molar refractivity (Wildman–Crippen MR) is 141 cm³/mol.